The number of hydrogen-bond acceptors (Lipinski definition) is 3. The molecule has 0 saturated heterocycles. The van der Waals surface area contributed by atoms with E-state index < -0.39 is 0 Å². The topological polar surface area (TPSA) is 35.8 Å². The minimum absolute atomic E-state index is 0.219. The maximum absolute atomic E-state index is 9.69. The molecule has 0 aliphatic carbocycles. The molecule has 2 unspecified atom stereocenters. The summed E-state index contributed by atoms with van der Waals surface area (Å²) in [5, 5.41) is 9.69. The summed E-state index contributed by atoms with van der Waals surface area (Å²) >= 11 is 0. The van der Waals surface area contributed by atoms with Crippen molar-refractivity contribution in [2.24, 2.45) is 4.99 Å². The van der Waals surface area contributed by atoms with Crippen LogP contribution in [0.2, 0.25) is 0 Å². The lowest BCUT2D eigenvalue weighted by Gasteiger charge is -2.25. The third kappa shape index (κ3) is 11.5. The zero-order valence-corrected chi connectivity index (χ0v) is 16.8. The van der Waals surface area contributed by atoms with Crippen LogP contribution >= 0.6 is 0 Å². The molecule has 0 spiro atoms. The molecule has 1 N–H and O–H groups in total. The van der Waals surface area contributed by atoms with E-state index in [1.807, 2.05) is 13.1 Å². The van der Waals surface area contributed by atoms with Gasteiger partial charge in [0.25, 0.3) is 0 Å². The van der Waals surface area contributed by atoms with E-state index in [-0.39, 0.29) is 12.4 Å². The third-order valence-electron chi connectivity index (χ3n) is 5.14. The summed E-state index contributed by atoms with van der Waals surface area (Å²) < 4.78 is 0. The molecule has 0 amide bonds. The van der Waals surface area contributed by atoms with Crippen LogP contribution < -0.4 is 0 Å². The van der Waals surface area contributed by atoms with Gasteiger partial charge in [-0.25, -0.2) is 0 Å². The third-order valence-corrected chi connectivity index (χ3v) is 5.14. The van der Waals surface area contributed by atoms with Gasteiger partial charge < -0.3 is 5.11 Å². The van der Waals surface area contributed by atoms with Crippen molar-refractivity contribution < 1.29 is 5.11 Å². The van der Waals surface area contributed by atoms with Crippen LogP contribution in [-0.2, 0) is 0 Å². The van der Waals surface area contributed by atoms with Gasteiger partial charge in [-0.3, -0.25) is 9.89 Å². The van der Waals surface area contributed by atoms with Crippen LogP contribution in [0.15, 0.2) is 17.1 Å². The zero-order valence-electron chi connectivity index (χ0n) is 16.8. The molecule has 2 atom stereocenters. The van der Waals surface area contributed by atoms with Crippen molar-refractivity contribution in [3.8, 4) is 0 Å². The number of rotatable bonds is 16. The Morgan fingerprint density at radius 3 is 2.12 bits per heavy atom. The Hall–Kier alpha value is -0.670. The van der Waals surface area contributed by atoms with Gasteiger partial charge in [-0.15, -0.1) is 0 Å². The van der Waals surface area contributed by atoms with Gasteiger partial charge in [0.05, 0.1) is 0 Å². The average molecular weight is 351 g/mol. The van der Waals surface area contributed by atoms with Crippen LogP contribution in [0.5, 0.6) is 0 Å². The van der Waals surface area contributed by atoms with E-state index in [0.29, 0.717) is 0 Å². The lowest BCUT2D eigenvalue weighted by atomic mass is 10.0. The molecule has 25 heavy (non-hydrogen) atoms. The molecule has 0 aromatic rings. The maximum Gasteiger partial charge on any atom is 0.106 e. The van der Waals surface area contributed by atoms with Gasteiger partial charge in [0.2, 0.25) is 0 Å². The predicted octanol–water partition coefficient (Wildman–Crippen LogP) is 6.07. The summed E-state index contributed by atoms with van der Waals surface area (Å²) in [4.78, 5) is 6.55. The first-order valence-corrected chi connectivity index (χ1v) is 10.9. The van der Waals surface area contributed by atoms with Gasteiger partial charge >= 0.3 is 0 Å². The Morgan fingerprint density at radius 1 is 0.960 bits per heavy atom. The standard InChI is InChI=1S/C22H42N2O/c1-3-4-5-6-7-8-9-10-11-12-13-14-15-16-17-18-22-23-19-20-24(22)21(2)25/h5-6,19,21-22,25H,3-4,7-18,20H2,1-2H3/b6-5+. The van der Waals surface area contributed by atoms with Crippen LogP contribution in [0.4, 0.5) is 0 Å². The van der Waals surface area contributed by atoms with Gasteiger partial charge in [-0.1, -0.05) is 76.9 Å². The monoisotopic (exact) mass is 350 g/mol. The summed E-state index contributed by atoms with van der Waals surface area (Å²) in [7, 11) is 0. The van der Waals surface area contributed by atoms with E-state index in [4.69, 9.17) is 0 Å². The predicted molar refractivity (Wildman–Crippen MR) is 110 cm³/mol. The Bertz CT molecular complexity index is 352. The van der Waals surface area contributed by atoms with Gasteiger partial charge in [0.1, 0.15) is 12.4 Å². The van der Waals surface area contributed by atoms with E-state index in [1.165, 1.54) is 83.5 Å². The molecule has 3 heteroatoms. The number of aliphatic imine (C=N–C) groups is 1. The molecule has 1 heterocycles. The van der Waals surface area contributed by atoms with Crippen LogP contribution in [-0.4, -0.2) is 35.2 Å². The molecule has 1 aliphatic heterocycles. The normalized spacial score (nSPS) is 19.2. The smallest absolute Gasteiger partial charge is 0.106 e. The number of aliphatic hydroxyl groups excluding tert-OH is 1. The van der Waals surface area contributed by atoms with Gasteiger partial charge in [-0.05, 0) is 39.0 Å². The molecule has 1 rings (SSSR count). The highest BCUT2D eigenvalue weighted by molar-refractivity contribution is 5.62. The fraction of sp³-hybridized carbons (Fsp3) is 0.864. The quantitative estimate of drug-likeness (QED) is 0.271. The highest BCUT2D eigenvalue weighted by Gasteiger charge is 2.23. The van der Waals surface area contributed by atoms with Crippen LogP contribution in [0.1, 0.15) is 104 Å². The van der Waals surface area contributed by atoms with Crippen molar-refractivity contribution in [3.63, 3.8) is 0 Å². The number of allylic oxidation sites excluding steroid dienone is 2. The number of nitrogens with zero attached hydrogens (tertiary/aromatic N) is 2. The second kappa shape index (κ2) is 15.6. The van der Waals surface area contributed by atoms with E-state index in [9.17, 15) is 5.11 Å². The van der Waals surface area contributed by atoms with Crippen molar-refractivity contribution >= 4 is 6.21 Å². The van der Waals surface area contributed by atoms with E-state index in [1.54, 1.807) is 0 Å². The Morgan fingerprint density at radius 2 is 1.52 bits per heavy atom. The Balaban J connectivity index is 1.80. The molecule has 1 aliphatic rings. The minimum Gasteiger partial charge on any atom is -0.379 e. The Kier molecular flexibility index (Phi) is 13.9. The number of aliphatic hydroxyl groups is 1. The fourth-order valence-electron chi connectivity index (χ4n) is 3.52. The molecule has 0 bridgehead atoms. The average Bonchev–Trinajstić information content (AvgIpc) is 3.07. The Labute approximate surface area is 156 Å². The first-order chi connectivity index (χ1) is 12.3. The molecule has 0 aromatic heterocycles. The summed E-state index contributed by atoms with van der Waals surface area (Å²) in [5.41, 5.74) is 0. The molecule has 0 radical (unpaired) electrons. The lowest BCUT2D eigenvalue weighted by Crippen LogP contribution is -2.37. The molecular formula is C22H42N2O. The SMILES string of the molecule is CCC/C=C/CCCCCCCCCCCCC1N=CCN1C(C)O. The second-order valence-corrected chi connectivity index (χ2v) is 7.51. The molecule has 0 aromatic carbocycles. The molecule has 0 fully saturated rings. The largest absolute Gasteiger partial charge is 0.379 e. The van der Waals surface area contributed by atoms with E-state index >= 15 is 0 Å². The van der Waals surface area contributed by atoms with Crippen LogP contribution in [0, 0.1) is 0 Å². The van der Waals surface area contributed by atoms with Crippen LogP contribution in [0.3, 0.4) is 0 Å². The molecule has 146 valence electrons. The second-order valence-electron chi connectivity index (χ2n) is 7.51. The maximum atomic E-state index is 9.69. The summed E-state index contributed by atoms with van der Waals surface area (Å²) in [6.45, 7) is 4.88. The van der Waals surface area contributed by atoms with Crippen molar-refractivity contribution in [2.45, 2.75) is 116 Å². The minimum atomic E-state index is -0.375. The van der Waals surface area contributed by atoms with E-state index in [2.05, 4.69) is 29.0 Å². The lowest BCUT2D eigenvalue weighted by molar-refractivity contribution is 0.00710. The highest BCUT2D eigenvalue weighted by atomic mass is 16.3. The molecular weight excluding hydrogens is 308 g/mol. The zero-order chi connectivity index (χ0) is 18.2. The van der Waals surface area contributed by atoms with Gasteiger partial charge in [-0.2, -0.15) is 0 Å². The van der Waals surface area contributed by atoms with Crippen molar-refractivity contribution in [1.82, 2.24) is 4.90 Å². The molecule has 0 saturated carbocycles. The van der Waals surface area contributed by atoms with Gasteiger partial charge in [0.15, 0.2) is 0 Å². The van der Waals surface area contributed by atoms with Crippen molar-refractivity contribution in [1.29, 1.82) is 0 Å². The molecule has 3 nitrogen and oxygen atoms in total. The first-order valence-electron chi connectivity index (χ1n) is 10.9. The first kappa shape index (κ1) is 22.4. The number of unbranched alkanes of at least 4 members (excludes halogenated alkanes) is 11. The van der Waals surface area contributed by atoms with Crippen molar-refractivity contribution in [3.05, 3.63) is 12.2 Å². The summed E-state index contributed by atoms with van der Waals surface area (Å²) in [6.07, 6.45) is 25.1. The fourth-order valence-corrected chi connectivity index (χ4v) is 3.52. The van der Waals surface area contributed by atoms with Gasteiger partial charge in [0, 0.05) is 12.8 Å². The number of hydrogen-bond donors (Lipinski definition) is 1. The summed E-state index contributed by atoms with van der Waals surface area (Å²) in [6, 6.07) is 0. The highest BCUT2D eigenvalue weighted by Crippen LogP contribution is 2.18. The van der Waals surface area contributed by atoms with Crippen LogP contribution in [0.25, 0.3) is 0 Å². The van der Waals surface area contributed by atoms with E-state index in [0.717, 1.165) is 13.0 Å². The van der Waals surface area contributed by atoms with Crippen molar-refractivity contribution in [2.75, 3.05) is 6.54 Å². The summed E-state index contributed by atoms with van der Waals surface area (Å²) in [5.74, 6) is 0.